The van der Waals surface area contributed by atoms with Gasteiger partial charge in [0.2, 0.25) is 0 Å². The maximum atomic E-state index is 12.6. The lowest BCUT2D eigenvalue weighted by Crippen LogP contribution is -2.40. The minimum absolute atomic E-state index is 0.0179. The van der Waals surface area contributed by atoms with Crippen LogP contribution in [0, 0.1) is 12.8 Å². The average Bonchev–Trinajstić information content (AvgIpc) is 2.40. The number of likely N-dealkylation sites (tertiary alicyclic amines) is 1. The summed E-state index contributed by atoms with van der Waals surface area (Å²) in [5, 5.41) is 8.88. The molecule has 0 bridgehead atoms. The van der Waals surface area contributed by atoms with E-state index in [0.29, 0.717) is 18.7 Å². The molecule has 108 valence electrons. The third kappa shape index (κ3) is 3.60. The first-order valence-corrected chi connectivity index (χ1v) is 7.54. The van der Waals surface area contributed by atoms with Crippen molar-refractivity contribution in [3.8, 4) is 0 Å². The summed E-state index contributed by atoms with van der Waals surface area (Å²) in [5.41, 5.74) is 1.69. The van der Waals surface area contributed by atoms with E-state index < -0.39 is 5.97 Å². The van der Waals surface area contributed by atoms with Crippen LogP contribution in [0.25, 0.3) is 0 Å². The molecule has 1 aliphatic rings. The fourth-order valence-electron chi connectivity index (χ4n) is 2.64. The Bertz CT molecular complexity index is 530. The van der Waals surface area contributed by atoms with Gasteiger partial charge in [-0.3, -0.25) is 9.59 Å². The van der Waals surface area contributed by atoms with Gasteiger partial charge in [-0.25, -0.2) is 0 Å². The fraction of sp³-hybridized carbons (Fsp3) is 0.467. The molecule has 1 aliphatic heterocycles. The molecule has 4 nitrogen and oxygen atoms in total. The Balaban J connectivity index is 2.12. The Kier molecular flexibility index (Phi) is 4.81. The SMILES string of the molecule is Cc1ccc(Br)c(C(=O)N2CCCC(CC(=O)O)C2)c1. The Morgan fingerprint density at radius 3 is 2.90 bits per heavy atom. The van der Waals surface area contributed by atoms with Gasteiger partial charge < -0.3 is 10.0 Å². The predicted octanol–water partition coefficient (Wildman–Crippen LogP) is 3.08. The molecule has 1 amide bonds. The number of carbonyl (C=O) groups is 2. The zero-order chi connectivity index (χ0) is 14.7. The van der Waals surface area contributed by atoms with E-state index in [1.54, 1.807) is 4.90 Å². The Hall–Kier alpha value is -1.36. The van der Waals surface area contributed by atoms with Gasteiger partial charge in [-0.2, -0.15) is 0 Å². The van der Waals surface area contributed by atoms with Crippen molar-refractivity contribution in [2.75, 3.05) is 13.1 Å². The molecule has 0 spiro atoms. The van der Waals surface area contributed by atoms with Gasteiger partial charge in [0.1, 0.15) is 0 Å². The predicted molar refractivity (Wildman–Crippen MR) is 79.8 cm³/mol. The van der Waals surface area contributed by atoms with Crippen molar-refractivity contribution < 1.29 is 14.7 Å². The Morgan fingerprint density at radius 1 is 1.45 bits per heavy atom. The third-order valence-corrected chi connectivity index (χ3v) is 4.31. The molecule has 1 N–H and O–H groups in total. The summed E-state index contributed by atoms with van der Waals surface area (Å²) in [4.78, 5) is 25.1. The number of aryl methyl sites for hydroxylation is 1. The minimum Gasteiger partial charge on any atom is -0.481 e. The second kappa shape index (κ2) is 6.39. The van der Waals surface area contributed by atoms with Crippen molar-refractivity contribution in [3.05, 3.63) is 33.8 Å². The molecule has 2 rings (SSSR count). The summed E-state index contributed by atoms with van der Waals surface area (Å²) in [6.07, 6.45) is 1.89. The number of piperidine rings is 1. The zero-order valence-electron chi connectivity index (χ0n) is 11.4. The Morgan fingerprint density at radius 2 is 2.20 bits per heavy atom. The number of benzene rings is 1. The number of hydrogen-bond acceptors (Lipinski definition) is 2. The van der Waals surface area contributed by atoms with E-state index in [-0.39, 0.29) is 18.2 Å². The highest BCUT2D eigenvalue weighted by Crippen LogP contribution is 2.24. The van der Waals surface area contributed by atoms with Gasteiger partial charge in [0.05, 0.1) is 5.56 Å². The molecule has 1 fully saturated rings. The van der Waals surface area contributed by atoms with E-state index in [1.807, 2.05) is 25.1 Å². The highest BCUT2D eigenvalue weighted by atomic mass is 79.9. The lowest BCUT2D eigenvalue weighted by molar-refractivity contribution is -0.138. The summed E-state index contributed by atoms with van der Waals surface area (Å²) < 4.78 is 0.786. The van der Waals surface area contributed by atoms with E-state index in [1.165, 1.54) is 0 Å². The van der Waals surface area contributed by atoms with Crippen LogP contribution in [0.4, 0.5) is 0 Å². The highest BCUT2D eigenvalue weighted by Gasteiger charge is 2.26. The molecule has 1 atom stereocenters. The van der Waals surface area contributed by atoms with E-state index >= 15 is 0 Å². The number of carboxylic acid groups (broad SMARTS) is 1. The molecule has 0 aliphatic carbocycles. The van der Waals surface area contributed by atoms with Gasteiger partial charge in [-0.15, -0.1) is 0 Å². The molecule has 0 aromatic heterocycles. The molecule has 5 heteroatoms. The van der Waals surface area contributed by atoms with Crippen LogP contribution in [0.2, 0.25) is 0 Å². The largest absolute Gasteiger partial charge is 0.481 e. The number of nitrogens with zero attached hydrogens (tertiary/aromatic N) is 1. The van der Waals surface area contributed by atoms with Crippen molar-refractivity contribution in [2.45, 2.75) is 26.2 Å². The van der Waals surface area contributed by atoms with Crippen molar-refractivity contribution in [2.24, 2.45) is 5.92 Å². The number of hydrogen-bond donors (Lipinski definition) is 1. The maximum Gasteiger partial charge on any atom is 0.303 e. The van der Waals surface area contributed by atoms with Gasteiger partial charge in [0, 0.05) is 24.0 Å². The minimum atomic E-state index is -0.791. The maximum absolute atomic E-state index is 12.6. The first-order valence-electron chi connectivity index (χ1n) is 6.74. The highest BCUT2D eigenvalue weighted by molar-refractivity contribution is 9.10. The van der Waals surface area contributed by atoms with E-state index in [4.69, 9.17) is 5.11 Å². The standard InChI is InChI=1S/C15H18BrNO3/c1-10-4-5-13(16)12(7-10)15(20)17-6-2-3-11(9-17)8-14(18)19/h4-5,7,11H,2-3,6,8-9H2,1H3,(H,18,19). The van der Waals surface area contributed by atoms with Crippen LogP contribution in [0.1, 0.15) is 35.2 Å². The zero-order valence-corrected chi connectivity index (χ0v) is 13.0. The van der Waals surface area contributed by atoms with Gasteiger partial charge >= 0.3 is 5.97 Å². The molecule has 1 saturated heterocycles. The van der Waals surface area contributed by atoms with Crippen LogP contribution >= 0.6 is 15.9 Å². The Labute approximate surface area is 126 Å². The van der Waals surface area contributed by atoms with Crippen LogP contribution in [0.5, 0.6) is 0 Å². The lowest BCUT2D eigenvalue weighted by atomic mass is 9.94. The molecule has 0 saturated carbocycles. The summed E-state index contributed by atoms with van der Waals surface area (Å²) in [6, 6.07) is 5.69. The van der Waals surface area contributed by atoms with Gasteiger partial charge in [-0.05, 0) is 53.7 Å². The van der Waals surface area contributed by atoms with Crippen molar-refractivity contribution in [3.63, 3.8) is 0 Å². The fourth-order valence-corrected chi connectivity index (χ4v) is 3.05. The summed E-state index contributed by atoms with van der Waals surface area (Å²) in [6.45, 7) is 3.19. The second-order valence-electron chi connectivity index (χ2n) is 5.34. The van der Waals surface area contributed by atoms with Gasteiger partial charge in [-0.1, -0.05) is 11.6 Å². The molecular weight excluding hydrogens is 322 g/mol. The van der Waals surface area contributed by atoms with E-state index in [0.717, 1.165) is 22.9 Å². The normalized spacial score (nSPS) is 18.9. The smallest absolute Gasteiger partial charge is 0.303 e. The molecule has 1 aromatic carbocycles. The first kappa shape index (κ1) is 15.0. The summed E-state index contributed by atoms with van der Waals surface area (Å²) in [5.74, 6) is -0.745. The number of rotatable bonds is 3. The van der Waals surface area contributed by atoms with Gasteiger partial charge in [0.25, 0.3) is 5.91 Å². The van der Waals surface area contributed by atoms with Crippen molar-refractivity contribution >= 4 is 27.8 Å². The number of carboxylic acids is 1. The molecule has 1 aromatic rings. The molecule has 0 radical (unpaired) electrons. The number of carbonyl (C=O) groups excluding carboxylic acids is 1. The number of halogens is 1. The van der Waals surface area contributed by atoms with Gasteiger partial charge in [0.15, 0.2) is 0 Å². The van der Waals surface area contributed by atoms with Crippen LogP contribution in [-0.4, -0.2) is 35.0 Å². The van der Waals surface area contributed by atoms with Crippen LogP contribution in [0.15, 0.2) is 22.7 Å². The van der Waals surface area contributed by atoms with E-state index in [2.05, 4.69) is 15.9 Å². The van der Waals surface area contributed by atoms with E-state index in [9.17, 15) is 9.59 Å². The second-order valence-corrected chi connectivity index (χ2v) is 6.19. The van der Waals surface area contributed by atoms with Crippen LogP contribution in [-0.2, 0) is 4.79 Å². The monoisotopic (exact) mass is 339 g/mol. The molecule has 1 heterocycles. The quantitative estimate of drug-likeness (QED) is 0.920. The molecule has 20 heavy (non-hydrogen) atoms. The van der Waals surface area contributed by atoms with Crippen LogP contribution in [0.3, 0.4) is 0 Å². The topological polar surface area (TPSA) is 57.6 Å². The number of aliphatic carboxylic acids is 1. The lowest BCUT2D eigenvalue weighted by Gasteiger charge is -2.32. The van der Waals surface area contributed by atoms with Crippen molar-refractivity contribution in [1.82, 2.24) is 4.90 Å². The average molecular weight is 340 g/mol. The summed E-state index contributed by atoms with van der Waals surface area (Å²) in [7, 11) is 0. The first-order chi connectivity index (χ1) is 9.47. The summed E-state index contributed by atoms with van der Waals surface area (Å²) >= 11 is 3.41. The van der Waals surface area contributed by atoms with Crippen LogP contribution < -0.4 is 0 Å². The van der Waals surface area contributed by atoms with Crippen molar-refractivity contribution in [1.29, 1.82) is 0 Å². The number of amides is 1. The molecule has 1 unspecified atom stereocenters. The molecular formula is C15H18BrNO3. The third-order valence-electron chi connectivity index (χ3n) is 3.62.